The summed E-state index contributed by atoms with van der Waals surface area (Å²) in [6.07, 6.45) is 5.79. The molecule has 5 aromatic rings. The fourth-order valence-corrected chi connectivity index (χ4v) is 6.84. The number of ether oxygens (including phenoxy) is 2. The Balaban J connectivity index is 1.19. The SMILES string of the molecule is COC(O)NC(C(=O)N1CCCC1c1cnc(-c2ccc3c(c2)cc2n3C(C(C)C)Oc3cc(-c4ncc[nH]4)ccc3-2)[nH]1)C(C)C. The number of aromatic amines is 2. The highest BCUT2D eigenvalue weighted by Crippen LogP contribution is 2.45. The minimum Gasteiger partial charge on any atom is -0.469 e. The second-order valence-corrected chi connectivity index (χ2v) is 12.9. The first kappa shape index (κ1) is 30.2. The van der Waals surface area contributed by atoms with Crippen LogP contribution in [0.5, 0.6) is 5.75 Å². The predicted molar refractivity (Wildman–Crippen MR) is 176 cm³/mol. The minimum atomic E-state index is -1.21. The number of fused-ring (bicyclic) bond motifs is 5. The molecule has 11 nitrogen and oxygen atoms in total. The number of methoxy groups -OCH3 is 1. The number of amides is 1. The van der Waals surface area contributed by atoms with Crippen molar-refractivity contribution < 1.29 is 19.4 Å². The van der Waals surface area contributed by atoms with Crippen LogP contribution in [0.25, 0.3) is 44.9 Å². The van der Waals surface area contributed by atoms with Crippen molar-refractivity contribution >= 4 is 16.8 Å². The van der Waals surface area contributed by atoms with Crippen LogP contribution in [-0.4, -0.2) is 66.5 Å². The standard InChI is InChI=1S/C35H41N7O4/c1-19(2)30(40-35(44)45-5)33(43)41-14-6-7-27(41)25-18-38-32(39-25)21-9-11-26-23(15-21)16-28-24-10-8-22(31-36-12-13-37-31)17-29(24)46-34(20(3)4)42(26)28/h8-13,15-20,27,30,34-35,40,44H,6-7,14H2,1-5H3,(H,36,37)(H,38,39). The molecule has 0 aliphatic carbocycles. The largest absolute Gasteiger partial charge is 0.469 e. The Labute approximate surface area is 268 Å². The smallest absolute Gasteiger partial charge is 0.240 e. The van der Waals surface area contributed by atoms with Crippen molar-refractivity contribution in [2.24, 2.45) is 11.8 Å². The zero-order valence-corrected chi connectivity index (χ0v) is 26.8. The summed E-state index contributed by atoms with van der Waals surface area (Å²) in [5.74, 6) is 2.58. The molecule has 1 fully saturated rings. The van der Waals surface area contributed by atoms with Crippen LogP contribution in [-0.2, 0) is 9.53 Å². The van der Waals surface area contributed by atoms with Crippen LogP contribution in [0.2, 0.25) is 0 Å². The topological polar surface area (TPSA) is 133 Å². The van der Waals surface area contributed by atoms with Crippen LogP contribution in [0.1, 0.15) is 58.5 Å². The van der Waals surface area contributed by atoms with Gasteiger partial charge in [0.15, 0.2) is 6.23 Å². The second kappa shape index (κ2) is 12.1. The molecule has 11 heteroatoms. The first-order chi connectivity index (χ1) is 22.2. The van der Waals surface area contributed by atoms with Gasteiger partial charge in [0, 0.05) is 54.0 Å². The number of aromatic nitrogens is 5. The van der Waals surface area contributed by atoms with E-state index in [1.165, 1.54) is 7.11 Å². The summed E-state index contributed by atoms with van der Waals surface area (Å²) >= 11 is 0. The number of benzene rings is 2. The number of imidazole rings is 2. The van der Waals surface area contributed by atoms with E-state index in [1.54, 1.807) is 6.20 Å². The number of carbonyl (C=O) groups is 1. The van der Waals surface area contributed by atoms with Gasteiger partial charge in [-0.1, -0.05) is 33.8 Å². The minimum absolute atomic E-state index is 0.0263. The molecule has 0 spiro atoms. The molecule has 4 unspecified atom stereocenters. The van der Waals surface area contributed by atoms with E-state index in [-0.39, 0.29) is 30.0 Å². The summed E-state index contributed by atoms with van der Waals surface area (Å²) in [5.41, 5.74) is 6.12. The van der Waals surface area contributed by atoms with E-state index in [1.807, 2.05) is 31.1 Å². The first-order valence-electron chi connectivity index (χ1n) is 16.0. The molecule has 2 aliphatic heterocycles. The lowest BCUT2D eigenvalue weighted by Gasteiger charge is -2.32. The summed E-state index contributed by atoms with van der Waals surface area (Å²) in [5, 5.41) is 14.0. The molecule has 5 heterocycles. The highest BCUT2D eigenvalue weighted by molar-refractivity contribution is 5.92. The van der Waals surface area contributed by atoms with E-state index < -0.39 is 12.5 Å². The molecule has 2 aliphatic rings. The molecule has 1 saturated heterocycles. The van der Waals surface area contributed by atoms with Gasteiger partial charge in [0.2, 0.25) is 12.3 Å². The Kier molecular flexibility index (Phi) is 7.92. The molecule has 0 saturated carbocycles. The Morgan fingerprint density at radius 1 is 1.09 bits per heavy atom. The van der Waals surface area contributed by atoms with Crippen LogP contribution in [0.3, 0.4) is 0 Å². The lowest BCUT2D eigenvalue weighted by molar-refractivity contribution is -0.144. The number of hydrogen-bond donors (Lipinski definition) is 4. The first-order valence-corrected chi connectivity index (χ1v) is 16.0. The van der Waals surface area contributed by atoms with Gasteiger partial charge in [-0.25, -0.2) is 9.97 Å². The average molecular weight is 624 g/mol. The summed E-state index contributed by atoms with van der Waals surface area (Å²) in [4.78, 5) is 31.4. The lowest BCUT2D eigenvalue weighted by atomic mass is 10.0. The highest BCUT2D eigenvalue weighted by atomic mass is 16.6. The number of aliphatic hydroxyl groups is 1. The number of rotatable bonds is 9. The van der Waals surface area contributed by atoms with Gasteiger partial charge in [0.1, 0.15) is 17.4 Å². The monoisotopic (exact) mass is 623 g/mol. The average Bonchev–Trinajstić information content (AvgIpc) is 3.87. The normalized spacial score (nSPS) is 19.0. The van der Waals surface area contributed by atoms with Crippen LogP contribution in [0.15, 0.2) is 61.1 Å². The van der Waals surface area contributed by atoms with Crippen molar-refractivity contribution in [1.29, 1.82) is 0 Å². The van der Waals surface area contributed by atoms with Crippen LogP contribution < -0.4 is 10.1 Å². The van der Waals surface area contributed by atoms with Gasteiger partial charge in [-0.05, 0) is 55.2 Å². The summed E-state index contributed by atoms with van der Waals surface area (Å²) in [6.45, 7) is 8.92. The van der Waals surface area contributed by atoms with Crippen molar-refractivity contribution in [3.8, 4) is 39.8 Å². The van der Waals surface area contributed by atoms with Crippen molar-refractivity contribution in [2.75, 3.05) is 13.7 Å². The van der Waals surface area contributed by atoms with Gasteiger partial charge in [-0.3, -0.25) is 10.1 Å². The molecule has 0 radical (unpaired) electrons. The number of aliphatic hydroxyl groups excluding tert-OH is 1. The molecule has 46 heavy (non-hydrogen) atoms. The second-order valence-electron chi connectivity index (χ2n) is 12.9. The number of hydrogen-bond acceptors (Lipinski definition) is 7. The molecule has 7 rings (SSSR count). The molecule has 1 amide bonds. The van der Waals surface area contributed by atoms with Gasteiger partial charge in [0.25, 0.3) is 0 Å². The third kappa shape index (κ3) is 5.28. The van der Waals surface area contributed by atoms with Gasteiger partial charge in [-0.2, -0.15) is 0 Å². The molecule has 2 aromatic carbocycles. The quantitative estimate of drug-likeness (QED) is 0.152. The van der Waals surface area contributed by atoms with Crippen molar-refractivity contribution in [1.82, 2.24) is 34.7 Å². The van der Waals surface area contributed by atoms with Gasteiger partial charge in [0.05, 0.1) is 35.2 Å². The van der Waals surface area contributed by atoms with Crippen LogP contribution in [0.4, 0.5) is 0 Å². The molecule has 240 valence electrons. The fourth-order valence-electron chi connectivity index (χ4n) is 6.84. The number of carbonyl (C=O) groups excluding carboxylic acids is 1. The molecule has 4 atom stereocenters. The molecule has 4 N–H and O–H groups in total. The van der Waals surface area contributed by atoms with E-state index in [2.05, 4.69) is 81.1 Å². The van der Waals surface area contributed by atoms with Gasteiger partial charge < -0.3 is 34.0 Å². The molecular formula is C35H41N7O4. The fraction of sp³-hybridized carbons (Fsp3) is 0.400. The van der Waals surface area contributed by atoms with Gasteiger partial charge in [-0.15, -0.1) is 0 Å². The van der Waals surface area contributed by atoms with Crippen molar-refractivity contribution in [2.45, 2.75) is 65.3 Å². The maximum Gasteiger partial charge on any atom is 0.240 e. The van der Waals surface area contributed by atoms with E-state index in [9.17, 15) is 9.90 Å². The number of nitrogens with zero attached hydrogens (tertiary/aromatic N) is 4. The third-order valence-electron chi connectivity index (χ3n) is 9.18. The van der Waals surface area contributed by atoms with Crippen LogP contribution >= 0.6 is 0 Å². The maximum atomic E-state index is 13.6. The Morgan fingerprint density at radius 3 is 2.63 bits per heavy atom. The van der Waals surface area contributed by atoms with E-state index in [0.29, 0.717) is 6.54 Å². The van der Waals surface area contributed by atoms with Crippen molar-refractivity contribution in [3.05, 3.63) is 66.7 Å². The Bertz CT molecular complexity index is 1860. The predicted octanol–water partition coefficient (Wildman–Crippen LogP) is 5.84. The van der Waals surface area contributed by atoms with E-state index in [4.69, 9.17) is 14.5 Å². The zero-order valence-electron chi connectivity index (χ0n) is 26.8. The molecular weight excluding hydrogens is 582 g/mol. The lowest BCUT2D eigenvalue weighted by Crippen LogP contribution is -2.52. The molecule has 0 bridgehead atoms. The third-order valence-corrected chi connectivity index (χ3v) is 9.18. The summed E-state index contributed by atoms with van der Waals surface area (Å²) < 4.78 is 13.9. The van der Waals surface area contributed by atoms with E-state index in [0.717, 1.165) is 69.2 Å². The maximum absolute atomic E-state index is 13.6. The van der Waals surface area contributed by atoms with Gasteiger partial charge >= 0.3 is 0 Å². The Hall–Kier alpha value is -4.45. The van der Waals surface area contributed by atoms with Crippen molar-refractivity contribution in [3.63, 3.8) is 0 Å². The van der Waals surface area contributed by atoms with E-state index >= 15 is 0 Å². The molecule has 3 aromatic heterocycles. The highest BCUT2D eigenvalue weighted by Gasteiger charge is 2.37. The van der Waals surface area contributed by atoms with Crippen LogP contribution in [0, 0.1) is 11.8 Å². The number of nitrogens with one attached hydrogen (secondary N) is 3. The number of likely N-dealkylation sites (tertiary alicyclic amines) is 1. The summed E-state index contributed by atoms with van der Waals surface area (Å²) in [7, 11) is 1.40. The summed E-state index contributed by atoms with van der Waals surface area (Å²) in [6, 6.07) is 14.2. The Morgan fingerprint density at radius 2 is 1.89 bits per heavy atom. The zero-order chi connectivity index (χ0) is 32.1. The number of H-pyrrole nitrogens is 2.